The first-order valence-electron chi connectivity index (χ1n) is 11.3. The van der Waals surface area contributed by atoms with Gasteiger partial charge in [-0.25, -0.2) is 9.37 Å². The van der Waals surface area contributed by atoms with Gasteiger partial charge in [-0.05, 0) is 56.2 Å². The molecule has 0 spiro atoms. The molecule has 1 aliphatic carbocycles. The maximum atomic E-state index is 13.4. The van der Waals surface area contributed by atoms with Gasteiger partial charge in [0.25, 0.3) is 5.91 Å². The lowest BCUT2D eigenvalue weighted by Gasteiger charge is -2.26. The number of aromatic nitrogens is 1. The van der Waals surface area contributed by atoms with E-state index in [9.17, 15) is 18.8 Å². The standard InChI is InChI=1S/C25H26FN5O3S/c1-14(23(28)33)31(19-12-10-17(26)11-13-19)25-30-22(27)21(35-25)20(32)15-6-8-16(9-7-15)24(34)29-18-4-2-3-5-18/h6-14,18H,2-5,27H2,1H3,(H2,28,33)(H,29,34)/t14-/m1/s1. The number of carbonyl (C=O) groups is 3. The predicted molar refractivity (Wildman–Crippen MR) is 133 cm³/mol. The van der Waals surface area contributed by atoms with Crippen molar-refractivity contribution < 1.29 is 18.8 Å². The van der Waals surface area contributed by atoms with Crippen LogP contribution in [0.1, 0.15) is 58.2 Å². The lowest BCUT2D eigenvalue weighted by molar-refractivity contribution is -0.118. The molecule has 3 aromatic rings. The zero-order valence-corrected chi connectivity index (χ0v) is 20.0. The van der Waals surface area contributed by atoms with Crippen LogP contribution in [0.4, 0.5) is 21.0 Å². The quantitative estimate of drug-likeness (QED) is 0.408. The summed E-state index contributed by atoms with van der Waals surface area (Å²) in [5.41, 5.74) is 12.9. The van der Waals surface area contributed by atoms with Crippen LogP contribution in [0, 0.1) is 5.82 Å². The number of ketones is 1. The molecule has 1 aromatic heterocycles. The van der Waals surface area contributed by atoms with Crippen molar-refractivity contribution in [3.05, 3.63) is 70.4 Å². The second-order valence-corrected chi connectivity index (χ2v) is 9.47. The van der Waals surface area contributed by atoms with Gasteiger partial charge in [0.1, 0.15) is 22.6 Å². The smallest absolute Gasteiger partial charge is 0.251 e. The van der Waals surface area contributed by atoms with Gasteiger partial charge >= 0.3 is 0 Å². The number of hydrogen-bond donors (Lipinski definition) is 3. The van der Waals surface area contributed by atoms with E-state index in [0.717, 1.165) is 37.0 Å². The third-order valence-electron chi connectivity index (χ3n) is 6.06. The number of thiazole rings is 1. The van der Waals surface area contributed by atoms with Crippen LogP contribution in [0.5, 0.6) is 0 Å². The van der Waals surface area contributed by atoms with E-state index in [4.69, 9.17) is 11.5 Å². The monoisotopic (exact) mass is 495 g/mol. The second-order valence-electron chi connectivity index (χ2n) is 8.50. The highest BCUT2D eigenvalue weighted by Crippen LogP contribution is 2.36. The Labute approximate surface area is 206 Å². The number of hydrogen-bond acceptors (Lipinski definition) is 7. The molecule has 1 atom stereocenters. The van der Waals surface area contributed by atoms with Gasteiger partial charge in [-0.1, -0.05) is 36.3 Å². The third kappa shape index (κ3) is 5.32. The van der Waals surface area contributed by atoms with Gasteiger partial charge in [0.05, 0.1) is 0 Å². The summed E-state index contributed by atoms with van der Waals surface area (Å²) >= 11 is 1.01. The SMILES string of the molecule is C[C@H](C(N)=O)N(c1ccc(F)cc1)c1nc(N)c(C(=O)c2ccc(C(=O)NC3CCCC3)cc2)s1. The second kappa shape index (κ2) is 10.2. The van der Waals surface area contributed by atoms with Crippen LogP contribution in [0.3, 0.4) is 0 Å². The fraction of sp³-hybridized carbons (Fsp3) is 0.280. The Kier molecular flexibility index (Phi) is 7.11. The first-order valence-corrected chi connectivity index (χ1v) is 12.1. The summed E-state index contributed by atoms with van der Waals surface area (Å²) in [4.78, 5) is 43.6. The molecule has 5 N–H and O–H groups in total. The van der Waals surface area contributed by atoms with Gasteiger partial charge < -0.3 is 21.7 Å². The fourth-order valence-corrected chi connectivity index (χ4v) is 5.11. The number of nitrogens with two attached hydrogens (primary N) is 2. The minimum Gasteiger partial charge on any atom is -0.382 e. The number of benzene rings is 2. The fourth-order valence-electron chi connectivity index (χ4n) is 4.06. The summed E-state index contributed by atoms with van der Waals surface area (Å²) < 4.78 is 13.4. The molecule has 0 bridgehead atoms. The van der Waals surface area contributed by atoms with E-state index in [1.807, 2.05) is 0 Å². The van der Waals surface area contributed by atoms with Crippen LogP contribution in [-0.4, -0.2) is 34.7 Å². The van der Waals surface area contributed by atoms with Gasteiger partial charge in [-0.15, -0.1) is 0 Å². The number of nitrogens with zero attached hydrogens (tertiary/aromatic N) is 2. The largest absolute Gasteiger partial charge is 0.382 e. The molecule has 2 aromatic carbocycles. The number of nitrogens with one attached hydrogen (secondary N) is 1. The van der Waals surface area contributed by atoms with E-state index < -0.39 is 17.8 Å². The number of primary amides is 1. The van der Waals surface area contributed by atoms with Crippen molar-refractivity contribution in [2.45, 2.75) is 44.7 Å². The summed E-state index contributed by atoms with van der Waals surface area (Å²) in [7, 11) is 0. The molecule has 0 saturated heterocycles. The van der Waals surface area contributed by atoms with Crippen molar-refractivity contribution in [3.8, 4) is 0 Å². The molecule has 0 aliphatic heterocycles. The molecule has 35 heavy (non-hydrogen) atoms. The molecule has 1 aliphatic rings. The molecule has 1 saturated carbocycles. The van der Waals surface area contributed by atoms with E-state index in [-0.39, 0.29) is 33.6 Å². The van der Waals surface area contributed by atoms with Gasteiger partial charge in [-0.2, -0.15) is 0 Å². The molecule has 1 fully saturated rings. The Morgan fingerprint density at radius 3 is 2.26 bits per heavy atom. The van der Waals surface area contributed by atoms with E-state index in [2.05, 4.69) is 10.3 Å². The van der Waals surface area contributed by atoms with Gasteiger partial charge in [0, 0.05) is 22.9 Å². The number of halogens is 1. The normalized spacial score (nSPS) is 14.5. The lowest BCUT2D eigenvalue weighted by Crippen LogP contribution is -2.39. The first-order chi connectivity index (χ1) is 16.7. The number of amides is 2. The van der Waals surface area contributed by atoms with Crippen LogP contribution in [0.15, 0.2) is 48.5 Å². The Morgan fingerprint density at radius 1 is 1.06 bits per heavy atom. The minimum atomic E-state index is -0.827. The molecule has 8 nitrogen and oxygen atoms in total. The molecular formula is C25H26FN5O3S. The predicted octanol–water partition coefficient (Wildman–Crippen LogP) is 3.78. The van der Waals surface area contributed by atoms with Crippen molar-refractivity contribution in [3.63, 3.8) is 0 Å². The number of rotatable bonds is 8. The third-order valence-corrected chi connectivity index (χ3v) is 7.13. The van der Waals surface area contributed by atoms with Gasteiger partial charge in [0.15, 0.2) is 5.13 Å². The summed E-state index contributed by atoms with van der Waals surface area (Å²) in [6.45, 7) is 1.58. The molecule has 4 rings (SSSR count). The van der Waals surface area contributed by atoms with Crippen molar-refractivity contribution in [1.82, 2.24) is 10.3 Å². The van der Waals surface area contributed by atoms with Crippen molar-refractivity contribution in [2.75, 3.05) is 10.6 Å². The minimum absolute atomic E-state index is 0.00170. The van der Waals surface area contributed by atoms with Crippen LogP contribution >= 0.6 is 11.3 Å². The highest BCUT2D eigenvalue weighted by Gasteiger charge is 2.27. The van der Waals surface area contributed by atoms with Crippen LogP contribution < -0.4 is 21.7 Å². The van der Waals surface area contributed by atoms with Gasteiger partial charge in [0.2, 0.25) is 11.7 Å². The lowest BCUT2D eigenvalue weighted by atomic mass is 10.1. The average molecular weight is 496 g/mol. The zero-order valence-electron chi connectivity index (χ0n) is 19.2. The van der Waals surface area contributed by atoms with Gasteiger partial charge in [-0.3, -0.25) is 14.4 Å². The highest BCUT2D eigenvalue weighted by atomic mass is 32.1. The Balaban J connectivity index is 1.57. The van der Waals surface area contributed by atoms with Crippen LogP contribution in [0.25, 0.3) is 0 Å². The van der Waals surface area contributed by atoms with Crippen molar-refractivity contribution >= 4 is 45.6 Å². The molecule has 182 valence electrons. The Bertz CT molecular complexity index is 1240. The maximum absolute atomic E-state index is 13.4. The number of anilines is 3. The summed E-state index contributed by atoms with van der Waals surface area (Å²) in [6.07, 6.45) is 4.21. The van der Waals surface area contributed by atoms with Crippen molar-refractivity contribution in [2.24, 2.45) is 5.73 Å². The summed E-state index contributed by atoms with van der Waals surface area (Å²) in [5, 5.41) is 3.29. The summed E-state index contributed by atoms with van der Waals surface area (Å²) in [5.74, 6) is -1.58. The number of carbonyl (C=O) groups excluding carboxylic acids is 3. The van der Waals surface area contributed by atoms with E-state index >= 15 is 0 Å². The maximum Gasteiger partial charge on any atom is 0.251 e. The Hall–Kier alpha value is -3.79. The highest BCUT2D eigenvalue weighted by molar-refractivity contribution is 7.18. The zero-order chi connectivity index (χ0) is 25.1. The average Bonchev–Trinajstić information content (AvgIpc) is 3.49. The molecular weight excluding hydrogens is 469 g/mol. The molecule has 1 heterocycles. The van der Waals surface area contributed by atoms with E-state index in [1.54, 1.807) is 31.2 Å². The van der Waals surface area contributed by atoms with Crippen LogP contribution in [-0.2, 0) is 4.79 Å². The molecule has 2 amide bonds. The first kappa shape index (κ1) is 24.3. The molecule has 0 unspecified atom stereocenters. The van der Waals surface area contributed by atoms with Crippen molar-refractivity contribution in [1.29, 1.82) is 0 Å². The Morgan fingerprint density at radius 2 is 1.66 bits per heavy atom. The molecule has 0 radical (unpaired) electrons. The van der Waals surface area contributed by atoms with E-state index in [1.165, 1.54) is 29.2 Å². The summed E-state index contributed by atoms with van der Waals surface area (Å²) in [6, 6.07) is 11.2. The van der Waals surface area contributed by atoms with Crippen LogP contribution in [0.2, 0.25) is 0 Å². The van der Waals surface area contributed by atoms with E-state index in [0.29, 0.717) is 16.8 Å². The topological polar surface area (TPSA) is 131 Å². The molecule has 10 heteroatoms. The number of nitrogen functional groups attached to an aromatic ring is 1.